The van der Waals surface area contributed by atoms with E-state index in [0.717, 1.165) is 30.8 Å². The fraction of sp³-hybridized carbons (Fsp3) is 0.389. The number of nitrogens with one attached hydrogen (secondary N) is 1. The highest BCUT2D eigenvalue weighted by Crippen LogP contribution is 2.25. The molecule has 22 heavy (non-hydrogen) atoms. The minimum Gasteiger partial charge on any atom is -0.456 e. The number of hydrogen-bond acceptors (Lipinski definition) is 4. The molecule has 3 rings (SSSR count). The summed E-state index contributed by atoms with van der Waals surface area (Å²) >= 11 is 0. The molecule has 1 saturated carbocycles. The Morgan fingerprint density at radius 3 is 2.64 bits per heavy atom. The van der Waals surface area contributed by atoms with Crippen molar-refractivity contribution in [1.29, 1.82) is 0 Å². The maximum absolute atomic E-state index is 9.90. The fourth-order valence-corrected chi connectivity index (χ4v) is 2.92. The zero-order valence-electron chi connectivity index (χ0n) is 12.8. The van der Waals surface area contributed by atoms with Crippen LogP contribution in [0.15, 0.2) is 48.8 Å². The Bertz CT molecular complexity index is 586. The van der Waals surface area contributed by atoms with Crippen LogP contribution in [0.1, 0.15) is 37.8 Å². The highest BCUT2D eigenvalue weighted by Gasteiger charge is 2.26. The standard InChI is InChI=1S/C18H22N2O2/c1-13(20-17-5-2-6-18(17)21)14-7-9-15(10-8-14)22-16-4-3-11-19-12-16/h3-4,7-13,17-18,20-21H,2,5-6H2,1H3. The summed E-state index contributed by atoms with van der Waals surface area (Å²) in [5.74, 6) is 1.53. The second-order valence-corrected chi connectivity index (χ2v) is 5.85. The minimum absolute atomic E-state index is 0.210. The normalized spacial score (nSPS) is 22.5. The lowest BCUT2D eigenvalue weighted by Gasteiger charge is -2.22. The Morgan fingerprint density at radius 1 is 1.18 bits per heavy atom. The predicted octanol–water partition coefficient (Wildman–Crippen LogP) is 3.44. The average molecular weight is 298 g/mol. The molecule has 116 valence electrons. The van der Waals surface area contributed by atoms with Gasteiger partial charge in [0.25, 0.3) is 0 Å². The maximum atomic E-state index is 9.90. The third kappa shape index (κ3) is 3.64. The van der Waals surface area contributed by atoms with Gasteiger partial charge >= 0.3 is 0 Å². The number of aliphatic hydroxyl groups excluding tert-OH is 1. The van der Waals surface area contributed by atoms with Gasteiger partial charge in [-0.25, -0.2) is 0 Å². The summed E-state index contributed by atoms with van der Waals surface area (Å²) in [5.41, 5.74) is 1.19. The van der Waals surface area contributed by atoms with Gasteiger partial charge < -0.3 is 15.2 Å². The van der Waals surface area contributed by atoms with Gasteiger partial charge in [-0.05, 0) is 56.0 Å². The number of benzene rings is 1. The highest BCUT2D eigenvalue weighted by molar-refractivity contribution is 5.32. The van der Waals surface area contributed by atoms with Gasteiger partial charge in [0.1, 0.15) is 11.5 Å². The third-order valence-electron chi connectivity index (χ3n) is 4.19. The summed E-state index contributed by atoms with van der Waals surface area (Å²) in [6.07, 6.45) is 6.26. The molecule has 1 heterocycles. The number of hydrogen-bond donors (Lipinski definition) is 2. The summed E-state index contributed by atoms with van der Waals surface area (Å²) < 4.78 is 5.74. The maximum Gasteiger partial charge on any atom is 0.145 e. The van der Waals surface area contributed by atoms with Gasteiger partial charge in [0.15, 0.2) is 0 Å². The van der Waals surface area contributed by atoms with Crippen LogP contribution in [0.5, 0.6) is 11.5 Å². The Hall–Kier alpha value is -1.91. The molecule has 0 aliphatic heterocycles. The number of aliphatic hydroxyl groups is 1. The molecule has 1 aliphatic carbocycles. The Morgan fingerprint density at radius 2 is 2.00 bits per heavy atom. The van der Waals surface area contributed by atoms with Crippen LogP contribution >= 0.6 is 0 Å². The molecule has 4 nitrogen and oxygen atoms in total. The molecule has 0 spiro atoms. The molecule has 3 unspecified atom stereocenters. The topological polar surface area (TPSA) is 54.4 Å². The Labute approximate surface area is 131 Å². The first-order chi connectivity index (χ1) is 10.7. The molecule has 1 aromatic heterocycles. The van der Waals surface area contributed by atoms with Gasteiger partial charge in [-0.3, -0.25) is 4.98 Å². The molecule has 1 fully saturated rings. The van der Waals surface area contributed by atoms with Crippen molar-refractivity contribution in [2.24, 2.45) is 0 Å². The molecule has 3 atom stereocenters. The zero-order chi connectivity index (χ0) is 15.4. The summed E-state index contributed by atoms with van der Waals surface area (Å²) in [5, 5.41) is 13.4. The first kappa shape index (κ1) is 15.0. The van der Waals surface area contributed by atoms with Crippen LogP contribution in [-0.4, -0.2) is 22.2 Å². The highest BCUT2D eigenvalue weighted by atomic mass is 16.5. The molecule has 0 bridgehead atoms. The Kier molecular flexibility index (Phi) is 4.71. The molecule has 2 N–H and O–H groups in total. The third-order valence-corrected chi connectivity index (χ3v) is 4.19. The van der Waals surface area contributed by atoms with Crippen LogP contribution in [-0.2, 0) is 0 Å². The van der Waals surface area contributed by atoms with Crippen molar-refractivity contribution >= 4 is 0 Å². The fourth-order valence-electron chi connectivity index (χ4n) is 2.92. The van der Waals surface area contributed by atoms with E-state index in [1.54, 1.807) is 12.4 Å². The molecule has 0 saturated heterocycles. The molecule has 0 radical (unpaired) electrons. The second-order valence-electron chi connectivity index (χ2n) is 5.85. The van der Waals surface area contributed by atoms with E-state index >= 15 is 0 Å². The quantitative estimate of drug-likeness (QED) is 0.888. The van der Waals surface area contributed by atoms with Crippen LogP contribution in [0, 0.1) is 0 Å². The summed E-state index contributed by atoms with van der Waals surface area (Å²) in [4.78, 5) is 4.03. The minimum atomic E-state index is -0.212. The molecular formula is C18H22N2O2. The van der Waals surface area contributed by atoms with Crippen molar-refractivity contribution < 1.29 is 9.84 Å². The number of pyridine rings is 1. The monoisotopic (exact) mass is 298 g/mol. The van der Waals surface area contributed by atoms with Crippen molar-refractivity contribution in [3.8, 4) is 11.5 Å². The largest absolute Gasteiger partial charge is 0.456 e. The van der Waals surface area contributed by atoms with Gasteiger partial charge in [0.2, 0.25) is 0 Å². The summed E-state index contributed by atoms with van der Waals surface area (Å²) in [6, 6.07) is 12.2. The van der Waals surface area contributed by atoms with Gasteiger partial charge in [-0.15, -0.1) is 0 Å². The van der Waals surface area contributed by atoms with Gasteiger partial charge in [0, 0.05) is 18.3 Å². The molecule has 0 amide bonds. The van der Waals surface area contributed by atoms with E-state index in [0.29, 0.717) is 0 Å². The molecule has 1 aliphatic rings. The number of aromatic nitrogens is 1. The lowest BCUT2D eigenvalue weighted by molar-refractivity contribution is 0.144. The van der Waals surface area contributed by atoms with Crippen molar-refractivity contribution in [2.75, 3.05) is 0 Å². The SMILES string of the molecule is CC(NC1CCCC1O)c1ccc(Oc2cccnc2)cc1. The van der Waals surface area contributed by atoms with Crippen LogP contribution in [0.2, 0.25) is 0 Å². The summed E-state index contributed by atoms with van der Waals surface area (Å²) in [7, 11) is 0. The van der Waals surface area contributed by atoms with E-state index in [4.69, 9.17) is 4.74 Å². The summed E-state index contributed by atoms with van der Waals surface area (Å²) in [6.45, 7) is 2.13. The zero-order valence-corrected chi connectivity index (χ0v) is 12.8. The number of nitrogens with zero attached hydrogens (tertiary/aromatic N) is 1. The predicted molar refractivity (Wildman–Crippen MR) is 85.9 cm³/mol. The second kappa shape index (κ2) is 6.90. The van der Waals surface area contributed by atoms with Crippen LogP contribution < -0.4 is 10.1 Å². The van der Waals surface area contributed by atoms with E-state index in [2.05, 4.69) is 29.4 Å². The van der Waals surface area contributed by atoms with Gasteiger partial charge in [0.05, 0.1) is 12.3 Å². The average Bonchev–Trinajstić information content (AvgIpc) is 2.94. The smallest absolute Gasteiger partial charge is 0.145 e. The van der Waals surface area contributed by atoms with Crippen LogP contribution in [0.25, 0.3) is 0 Å². The van der Waals surface area contributed by atoms with Crippen LogP contribution in [0.3, 0.4) is 0 Å². The molecule has 1 aromatic carbocycles. The number of rotatable bonds is 5. The van der Waals surface area contributed by atoms with Crippen molar-refractivity contribution in [3.63, 3.8) is 0 Å². The van der Waals surface area contributed by atoms with E-state index < -0.39 is 0 Å². The molecule has 4 heteroatoms. The van der Waals surface area contributed by atoms with Crippen molar-refractivity contribution in [1.82, 2.24) is 10.3 Å². The van der Waals surface area contributed by atoms with Gasteiger partial charge in [-0.2, -0.15) is 0 Å². The van der Waals surface area contributed by atoms with E-state index in [1.807, 2.05) is 24.3 Å². The van der Waals surface area contributed by atoms with E-state index in [-0.39, 0.29) is 18.2 Å². The molecule has 2 aromatic rings. The van der Waals surface area contributed by atoms with Crippen molar-refractivity contribution in [3.05, 3.63) is 54.4 Å². The Balaban J connectivity index is 1.61. The lowest BCUT2D eigenvalue weighted by Crippen LogP contribution is -2.37. The van der Waals surface area contributed by atoms with Gasteiger partial charge in [-0.1, -0.05) is 12.1 Å². The molecular weight excluding hydrogens is 276 g/mol. The lowest BCUT2D eigenvalue weighted by atomic mass is 10.1. The van der Waals surface area contributed by atoms with E-state index in [9.17, 15) is 5.11 Å². The van der Waals surface area contributed by atoms with Crippen LogP contribution in [0.4, 0.5) is 0 Å². The van der Waals surface area contributed by atoms with E-state index in [1.165, 1.54) is 5.56 Å². The first-order valence-electron chi connectivity index (χ1n) is 7.84. The first-order valence-corrected chi connectivity index (χ1v) is 7.84. The number of ether oxygens (including phenoxy) is 1. The van der Waals surface area contributed by atoms with Crippen molar-refractivity contribution in [2.45, 2.75) is 44.4 Å².